The molecule has 0 spiro atoms. The van der Waals surface area contributed by atoms with Gasteiger partial charge in [-0.2, -0.15) is 5.10 Å². The number of pyridine rings is 1. The maximum atomic E-state index is 12.0. The molecule has 0 radical (unpaired) electrons. The van der Waals surface area contributed by atoms with Gasteiger partial charge in [-0.05, 0) is 49.6 Å². The smallest absolute Gasteiger partial charge is 0.226 e. The molecule has 136 valence electrons. The van der Waals surface area contributed by atoms with Gasteiger partial charge in [0.2, 0.25) is 5.91 Å². The van der Waals surface area contributed by atoms with E-state index in [9.17, 15) is 4.79 Å². The molecule has 0 saturated carbocycles. The third-order valence-corrected chi connectivity index (χ3v) is 4.75. The molecular weight excluding hydrogens is 324 g/mol. The van der Waals surface area contributed by atoms with Crippen LogP contribution in [0.3, 0.4) is 0 Å². The van der Waals surface area contributed by atoms with E-state index in [1.807, 2.05) is 23.0 Å². The predicted molar refractivity (Wildman–Crippen MR) is 105 cm³/mol. The molecule has 1 aromatic carbocycles. The zero-order valence-corrected chi connectivity index (χ0v) is 16.2. The van der Waals surface area contributed by atoms with Crippen LogP contribution in [-0.2, 0) is 17.8 Å². The second-order valence-electron chi connectivity index (χ2n) is 7.01. The van der Waals surface area contributed by atoms with Crippen LogP contribution in [0, 0.1) is 13.8 Å². The molecule has 0 fully saturated rings. The summed E-state index contributed by atoms with van der Waals surface area (Å²) in [6, 6.07) is 8.19. The second kappa shape index (κ2) is 7.28. The number of hydrogen-bond acceptors (Lipinski definition) is 3. The molecule has 0 atom stereocenters. The number of fused-ring (bicyclic) bond motifs is 1. The molecule has 0 N–H and O–H groups in total. The van der Waals surface area contributed by atoms with E-state index in [4.69, 9.17) is 4.98 Å². The quantitative estimate of drug-likeness (QED) is 0.704. The summed E-state index contributed by atoms with van der Waals surface area (Å²) in [6.45, 7) is 7.26. The van der Waals surface area contributed by atoms with Crippen molar-refractivity contribution in [1.82, 2.24) is 19.7 Å². The van der Waals surface area contributed by atoms with Gasteiger partial charge < -0.3 is 4.90 Å². The number of carbonyl (C=O) groups is 1. The maximum Gasteiger partial charge on any atom is 0.226 e. The van der Waals surface area contributed by atoms with Crippen molar-refractivity contribution in [1.29, 1.82) is 0 Å². The number of amides is 1. The van der Waals surface area contributed by atoms with Gasteiger partial charge in [0, 0.05) is 37.3 Å². The van der Waals surface area contributed by atoms with Gasteiger partial charge in [-0.3, -0.25) is 9.48 Å². The van der Waals surface area contributed by atoms with Crippen molar-refractivity contribution in [2.24, 2.45) is 0 Å². The monoisotopic (exact) mass is 350 g/mol. The van der Waals surface area contributed by atoms with Gasteiger partial charge >= 0.3 is 0 Å². The molecule has 0 unspecified atom stereocenters. The summed E-state index contributed by atoms with van der Waals surface area (Å²) in [5, 5.41) is 5.58. The van der Waals surface area contributed by atoms with E-state index < -0.39 is 0 Å². The highest BCUT2D eigenvalue weighted by Gasteiger charge is 2.13. The van der Waals surface area contributed by atoms with Crippen LogP contribution in [0.4, 0.5) is 0 Å². The first-order chi connectivity index (χ1) is 12.4. The summed E-state index contributed by atoms with van der Waals surface area (Å²) in [7, 11) is 3.56. The lowest BCUT2D eigenvalue weighted by molar-refractivity contribution is -0.127. The minimum atomic E-state index is 0.102. The van der Waals surface area contributed by atoms with Gasteiger partial charge in [0.25, 0.3) is 0 Å². The van der Waals surface area contributed by atoms with E-state index in [0.717, 1.165) is 51.9 Å². The number of aryl methyl sites for hydroxylation is 2. The fraction of sp³-hybridized carbons (Fsp3) is 0.381. The van der Waals surface area contributed by atoms with E-state index in [2.05, 4.69) is 38.0 Å². The van der Waals surface area contributed by atoms with Gasteiger partial charge in [-0.15, -0.1) is 0 Å². The molecule has 0 aliphatic heterocycles. The average molecular weight is 350 g/mol. The molecule has 2 aromatic heterocycles. The van der Waals surface area contributed by atoms with E-state index in [-0.39, 0.29) is 5.91 Å². The van der Waals surface area contributed by atoms with E-state index in [1.165, 1.54) is 0 Å². The Labute approximate surface area is 154 Å². The van der Waals surface area contributed by atoms with Crippen molar-refractivity contribution >= 4 is 16.8 Å². The summed E-state index contributed by atoms with van der Waals surface area (Å²) >= 11 is 0. The number of hydrogen-bond donors (Lipinski definition) is 0. The molecule has 0 bridgehead atoms. The predicted octanol–water partition coefficient (Wildman–Crippen LogP) is 3.76. The number of rotatable bonds is 5. The summed E-state index contributed by atoms with van der Waals surface area (Å²) < 4.78 is 2.03. The lowest BCUT2D eigenvalue weighted by Gasteiger charge is -2.12. The van der Waals surface area contributed by atoms with Crippen molar-refractivity contribution in [2.75, 3.05) is 14.1 Å². The Morgan fingerprint density at radius 2 is 1.96 bits per heavy atom. The van der Waals surface area contributed by atoms with Crippen LogP contribution >= 0.6 is 0 Å². The minimum absolute atomic E-state index is 0.102. The molecule has 3 rings (SSSR count). The van der Waals surface area contributed by atoms with Crippen molar-refractivity contribution in [3.63, 3.8) is 0 Å². The average Bonchev–Trinajstić information content (AvgIpc) is 2.96. The molecular formula is C21H26N4O. The second-order valence-corrected chi connectivity index (χ2v) is 7.01. The molecule has 0 aliphatic rings. The molecule has 1 amide bonds. The van der Waals surface area contributed by atoms with Gasteiger partial charge in [0.1, 0.15) is 0 Å². The number of nitrogens with zero attached hydrogens (tertiary/aromatic N) is 4. The number of benzene rings is 1. The van der Waals surface area contributed by atoms with Gasteiger partial charge in [-0.1, -0.05) is 13.0 Å². The first-order valence-electron chi connectivity index (χ1n) is 9.04. The number of aromatic nitrogens is 3. The standard InChI is InChI=1S/C21H26N4O/c1-6-9-25-15(3)18(13-22-25)20-10-14(2)17-11-16(7-8-19(17)23-20)12-21(26)24(4)5/h7-8,10-11,13H,6,9,12H2,1-5H3. The zero-order chi connectivity index (χ0) is 18.8. The summed E-state index contributed by atoms with van der Waals surface area (Å²) in [4.78, 5) is 18.4. The zero-order valence-electron chi connectivity index (χ0n) is 16.2. The molecule has 5 nitrogen and oxygen atoms in total. The first kappa shape index (κ1) is 18.1. The number of carbonyl (C=O) groups excluding carboxylic acids is 1. The van der Waals surface area contributed by atoms with Crippen LogP contribution < -0.4 is 0 Å². The molecule has 2 heterocycles. The molecule has 3 aromatic rings. The lowest BCUT2D eigenvalue weighted by Crippen LogP contribution is -2.23. The molecule has 0 saturated heterocycles. The third kappa shape index (κ3) is 3.47. The topological polar surface area (TPSA) is 51.0 Å². The van der Waals surface area contributed by atoms with Crippen molar-refractivity contribution in [3.05, 3.63) is 47.3 Å². The highest BCUT2D eigenvalue weighted by atomic mass is 16.2. The van der Waals surface area contributed by atoms with E-state index >= 15 is 0 Å². The Kier molecular flexibility index (Phi) is 5.07. The molecule has 0 aliphatic carbocycles. The van der Waals surface area contributed by atoms with Crippen molar-refractivity contribution < 1.29 is 4.79 Å². The Hall–Kier alpha value is -2.69. The van der Waals surface area contributed by atoms with Crippen molar-refractivity contribution in [2.45, 2.75) is 40.2 Å². The highest BCUT2D eigenvalue weighted by molar-refractivity contribution is 5.87. The summed E-state index contributed by atoms with van der Waals surface area (Å²) in [5.41, 5.74) is 6.30. The van der Waals surface area contributed by atoms with Gasteiger partial charge in [0.05, 0.1) is 23.8 Å². The highest BCUT2D eigenvalue weighted by Crippen LogP contribution is 2.27. The van der Waals surface area contributed by atoms with Gasteiger partial charge in [-0.25, -0.2) is 4.98 Å². The van der Waals surface area contributed by atoms with E-state index in [1.54, 1.807) is 19.0 Å². The molecule has 5 heteroatoms. The van der Waals surface area contributed by atoms with Crippen LogP contribution in [-0.4, -0.2) is 39.7 Å². The van der Waals surface area contributed by atoms with E-state index in [0.29, 0.717) is 6.42 Å². The van der Waals surface area contributed by atoms with Gasteiger partial charge in [0.15, 0.2) is 0 Å². The van der Waals surface area contributed by atoms with Crippen LogP contribution in [0.5, 0.6) is 0 Å². The Balaban J connectivity index is 2.00. The molecule has 26 heavy (non-hydrogen) atoms. The van der Waals surface area contributed by atoms with Crippen LogP contribution in [0.15, 0.2) is 30.5 Å². The summed E-state index contributed by atoms with van der Waals surface area (Å²) in [6.07, 6.45) is 3.37. The van der Waals surface area contributed by atoms with Crippen LogP contribution in [0.25, 0.3) is 22.2 Å². The van der Waals surface area contributed by atoms with Crippen molar-refractivity contribution in [3.8, 4) is 11.3 Å². The fourth-order valence-electron chi connectivity index (χ4n) is 3.16. The normalized spacial score (nSPS) is 11.1. The maximum absolute atomic E-state index is 12.0. The minimum Gasteiger partial charge on any atom is -0.349 e. The van der Waals surface area contributed by atoms with Crippen LogP contribution in [0.1, 0.15) is 30.2 Å². The van der Waals surface area contributed by atoms with Crippen LogP contribution in [0.2, 0.25) is 0 Å². The third-order valence-electron chi connectivity index (χ3n) is 4.75. The SMILES string of the molecule is CCCn1ncc(-c2cc(C)c3cc(CC(=O)N(C)C)ccc3n2)c1C. The lowest BCUT2D eigenvalue weighted by atomic mass is 10.0. The Bertz CT molecular complexity index is 956. The first-order valence-corrected chi connectivity index (χ1v) is 9.04. The number of likely N-dealkylation sites (N-methyl/N-ethyl adjacent to an activating group) is 1. The Morgan fingerprint density at radius 1 is 1.19 bits per heavy atom. The Morgan fingerprint density at radius 3 is 2.65 bits per heavy atom. The largest absolute Gasteiger partial charge is 0.349 e. The fourth-order valence-corrected chi connectivity index (χ4v) is 3.16. The summed E-state index contributed by atoms with van der Waals surface area (Å²) in [5.74, 6) is 0.102.